The lowest BCUT2D eigenvalue weighted by Crippen LogP contribution is -2.29. The molecule has 1 atom stereocenters. The molecular weight excluding hydrogens is 388 g/mol. The van der Waals surface area contributed by atoms with Gasteiger partial charge in [0.05, 0.1) is 0 Å². The monoisotopic (exact) mass is 412 g/mol. The van der Waals surface area contributed by atoms with Crippen molar-refractivity contribution in [2.24, 2.45) is 21.6 Å². The second-order valence-electron chi connectivity index (χ2n) is 8.70. The molecular formula is C24H24N6O. The van der Waals surface area contributed by atoms with Crippen LogP contribution >= 0.6 is 0 Å². The van der Waals surface area contributed by atoms with E-state index in [1.54, 1.807) is 24.3 Å². The molecule has 1 aliphatic rings. The Balaban J connectivity index is 1.96. The third-order valence-corrected chi connectivity index (χ3v) is 5.53. The molecule has 1 aliphatic carbocycles. The SMILES string of the molecule is CC(C)(C)C1C/C(=C/c2ccc(N=[N+]=[N-])cc2)C(=O)/C(=C/c2ccc(N=[N+]=[N-])cc2)C1. The molecule has 1 unspecified atom stereocenters. The predicted molar refractivity (Wildman–Crippen MR) is 124 cm³/mol. The van der Waals surface area contributed by atoms with Crippen molar-refractivity contribution in [3.8, 4) is 0 Å². The zero-order valence-corrected chi connectivity index (χ0v) is 17.9. The van der Waals surface area contributed by atoms with Crippen LogP contribution < -0.4 is 0 Å². The Morgan fingerprint density at radius 2 is 1.19 bits per heavy atom. The van der Waals surface area contributed by atoms with E-state index in [0.29, 0.717) is 30.1 Å². The number of azide groups is 2. The van der Waals surface area contributed by atoms with Crippen molar-refractivity contribution in [1.29, 1.82) is 0 Å². The first-order chi connectivity index (χ1) is 14.8. The average Bonchev–Trinajstić information content (AvgIpc) is 2.73. The van der Waals surface area contributed by atoms with Crippen LogP contribution in [0.3, 0.4) is 0 Å². The Kier molecular flexibility index (Phi) is 6.61. The van der Waals surface area contributed by atoms with Gasteiger partial charge in [0.2, 0.25) is 0 Å². The number of hydrogen-bond acceptors (Lipinski definition) is 3. The normalized spacial score (nSPS) is 19.1. The summed E-state index contributed by atoms with van der Waals surface area (Å²) in [6.45, 7) is 6.60. The second-order valence-corrected chi connectivity index (χ2v) is 8.70. The highest BCUT2D eigenvalue weighted by atomic mass is 16.1. The highest BCUT2D eigenvalue weighted by Gasteiger charge is 2.34. The molecule has 0 spiro atoms. The van der Waals surface area contributed by atoms with Crippen molar-refractivity contribution in [3.63, 3.8) is 0 Å². The molecule has 0 radical (unpaired) electrons. The first kappa shape index (κ1) is 21.9. The van der Waals surface area contributed by atoms with Crippen molar-refractivity contribution in [2.75, 3.05) is 0 Å². The Morgan fingerprint density at radius 1 is 0.806 bits per heavy atom. The molecule has 7 heteroatoms. The smallest absolute Gasteiger partial charge is 0.185 e. The van der Waals surface area contributed by atoms with Gasteiger partial charge in [0, 0.05) is 32.3 Å². The molecule has 2 aromatic rings. The van der Waals surface area contributed by atoms with Crippen molar-refractivity contribution in [1.82, 2.24) is 0 Å². The molecule has 0 aliphatic heterocycles. The van der Waals surface area contributed by atoms with Crippen LogP contribution in [0.1, 0.15) is 44.7 Å². The summed E-state index contributed by atoms with van der Waals surface area (Å²) >= 11 is 0. The van der Waals surface area contributed by atoms with Gasteiger partial charge < -0.3 is 0 Å². The molecule has 0 amide bonds. The van der Waals surface area contributed by atoms with Gasteiger partial charge in [-0.3, -0.25) is 4.79 Å². The van der Waals surface area contributed by atoms with Crippen LogP contribution in [0.5, 0.6) is 0 Å². The van der Waals surface area contributed by atoms with Crippen molar-refractivity contribution >= 4 is 29.3 Å². The van der Waals surface area contributed by atoms with Crippen LogP contribution in [0, 0.1) is 11.3 Å². The molecule has 156 valence electrons. The van der Waals surface area contributed by atoms with Crippen LogP contribution in [0.2, 0.25) is 0 Å². The van der Waals surface area contributed by atoms with Gasteiger partial charge in [-0.15, -0.1) is 0 Å². The number of allylic oxidation sites excluding steroid dienone is 2. The van der Waals surface area contributed by atoms with Crippen LogP contribution in [0.15, 0.2) is 69.9 Å². The first-order valence-electron chi connectivity index (χ1n) is 10.1. The maximum Gasteiger partial charge on any atom is 0.185 e. The van der Waals surface area contributed by atoms with Gasteiger partial charge in [0.25, 0.3) is 0 Å². The van der Waals surface area contributed by atoms with Crippen LogP contribution in [-0.2, 0) is 4.79 Å². The zero-order valence-electron chi connectivity index (χ0n) is 17.9. The number of carbonyl (C=O) groups excluding carboxylic acids is 1. The fraction of sp³-hybridized carbons (Fsp3) is 0.292. The summed E-state index contributed by atoms with van der Waals surface area (Å²) in [5.74, 6) is 0.381. The van der Waals surface area contributed by atoms with Crippen LogP contribution in [0.4, 0.5) is 11.4 Å². The van der Waals surface area contributed by atoms with E-state index in [1.165, 1.54) is 0 Å². The molecule has 1 fully saturated rings. The summed E-state index contributed by atoms with van der Waals surface area (Å²) in [4.78, 5) is 18.9. The van der Waals surface area contributed by atoms with Crippen molar-refractivity contribution in [2.45, 2.75) is 33.6 Å². The Hall–Kier alpha value is -3.79. The number of benzene rings is 2. The van der Waals surface area contributed by atoms with E-state index >= 15 is 0 Å². The molecule has 2 aromatic carbocycles. The first-order valence-corrected chi connectivity index (χ1v) is 10.1. The third-order valence-electron chi connectivity index (χ3n) is 5.53. The van der Waals surface area contributed by atoms with Gasteiger partial charge in [0.15, 0.2) is 5.78 Å². The van der Waals surface area contributed by atoms with Gasteiger partial charge in [0.1, 0.15) is 0 Å². The Labute approximate surface area is 181 Å². The van der Waals surface area contributed by atoms with E-state index in [-0.39, 0.29) is 11.2 Å². The molecule has 0 N–H and O–H groups in total. The number of hydrogen-bond donors (Lipinski definition) is 0. The standard InChI is InChI=1S/C24H24N6O/c1-24(2,3)20-14-18(12-16-4-8-21(9-5-16)27-29-25)23(31)19(15-20)13-17-6-10-22(11-7-17)28-30-26/h4-13,20H,14-15H2,1-3H3/b18-12-,19-13+. The van der Waals surface area contributed by atoms with Crippen LogP contribution in [0.25, 0.3) is 33.0 Å². The fourth-order valence-electron chi connectivity index (χ4n) is 3.64. The van der Waals surface area contributed by atoms with E-state index in [4.69, 9.17) is 11.1 Å². The number of carbonyl (C=O) groups is 1. The predicted octanol–water partition coefficient (Wildman–Crippen LogP) is 8.06. The summed E-state index contributed by atoms with van der Waals surface area (Å²) in [5.41, 5.74) is 21.6. The van der Waals surface area contributed by atoms with E-state index < -0.39 is 0 Å². The zero-order chi connectivity index (χ0) is 22.4. The van der Waals surface area contributed by atoms with Gasteiger partial charge in [-0.05, 0) is 58.5 Å². The van der Waals surface area contributed by atoms with E-state index in [1.807, 2.05) is 36.4 Å². The summed E-state index contributed by atoms with van der Waals surface area (Å²) in [6, 6.07) is 14.4. The number of nitrogens with zero attached hydrogens (tertiary/aromatic N) is 6. The van der Waals surface area contributed by atoms with Gasteiger partial charge in [-0.1, -0.05) is 79.5 Å². The minimum absolute atomic E-state index is 0.0512. The lowest BCUT2D eigenvalue weighted by molar-refractivity contribution is -0.113. The summed E-state index contributed by atoms with van der Waals surface area (Å²) in [5, 5.41) is 7.18. The minimum atomic E-state index is 0.0512. The van der Waals surface area contributed by atoms with E-state index in [0.717, 1.165) is 22.3 Å². The molecule has 0 bridgehead atoms. The summed E-state index contributed by atoms with van der Waals surface area (Å²) in [7, 11) is 0. The maximum atomic E-state index is 13.3. The molecule has 1 saturated carbocycles. The van der Waals surface area contributed by atoms with E-state index in [9.17, 15) is 4.79 Å². The van der Waals surface area contributed by atoms with Crippen molar-refractivity contribution in [3.05, 3.63) is 91.7 Å². The van der Waals surface area contributed by atoms with Gasteiger partial charge in [-0.2, -0.15) is 0 Å². The number of Topliss-reactive ketones (excluding diaryl/α,β-unsaturated/α-hetero) is 1. The molecule has 7 nitrogen and oxygen atoms in total. The van der Waals surface area contributed by atoms with E-state index in [2.05, 4.69) is 40.8 Å². The molecule has 3 rings (SSSR count). The fourth-order valence-corrected chi connectivity index (χ4v) is 3.64. The lowest BCUT2D eigenvalue weighted by atomic mass is 9.68. The Morgan fingerprint density at radius 3 is 1.52 bits per heavy atom. The third kappa shape index (κ3) is 5.64. The second kappa shape index (κ2) is 9.35. The topological polar surface area (TPSA) is 115 Å². The summed E-state index contributed by atoms with van der Waals surface area (Å²) < 4.78 is 0. The highest BCUT2D eigenvalue weighted by Crippen LogP contribution is 2.42. The average molecular weight is 412 g/mol. The van der Waals surface area contributed by atoms with Gasteiger partial charge >= 0.3 is 0 Å². The van der Waals surface area contributed by atoms with Gasteiger partial charge in [-0.25, -0.2) is 0 Å². The Bertz CT molecular complexity index is 1040. The number of rotatable bonds is 4. The minimum Gasteiger partial charge on any atom is -0.289 e. The van der Waals surface area contributed by atoms with Crippen molar-refractivity contribution < 1.29 is 4.79 Å². The molecule has 0 aromatic heterocycles. The molecule has 31 heavy (non-hydrogen) atoms. The quantitative estimate of drug-likeness (QED) is 0.215. The molecule has 0 heterocycles. The maximum absolute atomic E-state index is 13.3. The lowest BCUT2D eigenvalue weighted by Gasteiger charge is -2.35. The summed E-state index contributed by atoms with van der Waals surface area (Å²) in [6.07, 6.45) is 5.29. The molecule has 0 saturated heterocycles. The highest BCUT2D eigenvalue weighted by molar-refractivity contribution is 6.14. The number of ketones is 1. The largest absolute Gasteiger partial charge is 0.289 e. The van der Waals surface area contributed by atoms with Crippen LogP contribution in [-0.4, -0.2) is 5.78 Å².